The van der Waals surface area contributed by atoms with Crippen LogP contribution in [0.2, 0.25) is 0 Å². The maximum atomic E-state index is 11.2. The Hall–Kier alpha value is -1.88. The lowest BCUT2D eigenvalue weighted by molar-refractivity contribution is -0.131. The van der Waals surface area contributed by atoms with Crippen LogP contribution in [0.1, 0.15) is 27.7 Å². The summed E-state index contributed by atoms with van der Waals surface area (Å²) in [5, 5.41) is 3.85. The first-order valence-electron chi connectivity index (χ1n) is 6.39. The van der Waals surface area contributed by atoms with E-state index in [1.807, 2.05) is 30.0 Å². The first kappa shape index (κ1) is 14.5. The number of rotatable bonds is 2. The molecule has 1 aromatic rings. The normalized spacial score (nSPS) is 17.3. The SMILES string of the molecule is CC(=O)Oc1ccccc1N1C(=S)NC(C)(C)C=C1C. The van der Waals surface area contributed by atoms with Crippen molar-refractivity contribution in [1.82, 2.24) is 5.32 Å². The van der Waals surface area contributed by atoms with Crippen LogP contribution in [0.15, 0.2) is 36.0 Å². The van der Waals surface area contributed by atoms with Crippen LogP contribution in [-0.2, 0) is 4.79 Å². The lowest BCUT2D eigenvalue weighted by atomic mass is 10.0. The predicted octanol–water partition coefficient (Wildman–Crippen LogP) is 2.99. The van der Waals surface area contributed by atoms with Gasteiger partial charge in [-0.15, -0.1) is 0 Å². The molecule has 0 bridgehead atoms. The molecule has 0 aliphatic carbocycles. The average molecular weight is 290 g/mol. The summed E-state index contributed by atoms with van der Waals surface area (Å²) in [6, 6.07) is 7.34. The molecule has 1 heterocycles. The third kappa shape index (κ3) is 2.99. The van der Waals surface area contributed by atoms with Gasteiger partial charge in [-0.2, -0.15) is 0 Å². The molecule has 0 aromatic heterocycles. The number of para-hydroxylation sites is 2. The fourth-order valence-corrected chi connectivity index (χ4v) is 2.80. The van der Waals surface area contributed by atoms with Crippen LogP contribution in [0.4, 0.5) is 5.69 Å². The summed E-state index contributed by atoms with van der Waals surface area (Å²) in [5.41, 5.74) is 1.57. The molecule has 2 rings (SSSR count). The highest BCUT2D eigenvalue weighted by molar-refractivity contribution is 7.80. The smallest absolute Gasteiger partial charge is 0.308 e. The van der Waals surface area contributed by atoms with Crippen LogP contribution in [-0.4, -0.2) is 16.6 Å². The molecule has 0 unspecified atom stereocenters. The van der Waals surface area contributed by atoms with Gasteiger partial charge in [0.2, 0.25) is 0 Å². The summed E-state index contributed by atoms with van der Waals surface area (Å²) in [5.74, 6) is 0.145. The second kappa shape index (κ2) is 5.25. The number of benzene rings is 1. The van der Waals surface area contributed by atoms with Crippen molar-refractivity contribution in [2.75, 3.05) is 4.90 Å². The molecule has 1 N–H and O–H groups in total. The van der Waals surface area contributed by atoms with Crippen LogP contribution in [0, 0.1) is 0 Å². The molecule has 0 radical (unpaired) electrons. The van der Waals surface area contributed by atoms with Crippen molar-refractivity contribution >= 4 is 29.0 Å². The van der Waals surface area contributed by atoms with Crippen molar-refractivity contribution in [3.8, 4) is 5.75 Å². The molecule has 0 saturated carbocycles. The zero-order chi connectivity index (χ0) is 14.9. The van der Waals surface area contributed by atoms with E-state index in [0.29, 0.717) is 10.9 Å². The molecular formula is C15H18N2O2S. The van der Waals surface area contributed by atoms with E-state index in [1.54, 1.807) is 6.07 Å². The minimum absolute atomic E-state index is 0.186. The molecule has 20 heavy (non-hydrogen) atoms. The Bertz CT molecular complexity index is 593. The first-order valence-corrected chi connectivity index (χ1v) is 6.80. The summed E-state index contributed by atoms with van der Waals surface area (Å²) < 4.78 is 5.25. The molecule has 0 fully saturated rings. The van der Waals surface area contributed by atoms with Gasteiger partial charge in [0.15, 0.2) is 10.9 Å². The Kier molecular flexibility index (Phi) is 3.81. The van der Waals surface area contributed by atoms with Gasteiger partial charge in [-0.25, -0.2) is 0 Å². The lowest BCUT2D eigenvalue weighted by Crippen LogP contribution is -2.53. The lowest BCUT2D eigenvalue weighted by Gasteiger charge is -2.38. The van der Waals surface area contributed by atoms with Gasteiger partial charge in [-0.05, 0) is 51.2 Å². The molecule has 0 spiro atoms. The van der Waals surface area contributed by atoms with E-state index in [1.165, 1.54) is 6.92 Å². The number of allylic oxidation sites excluding steroid dienone is 1. The van der Waals surface area contributed by atoms with E-state index in [-0.39, 0.29) is 11.5 Å². The highest BCUT2D eigenvalue weighted by Gasteiger charge is 2.29. The standard InChI is InChI=1S/C15H18N2O2S/c1-10-9-15(3,4)16-14(20)17(10)12-7-5-6-8-13(12)19-11(2)18/h5-9H,1-4H3,(H,16,20). The Labute approximate surface area is 124 Å². The van der Waals surface area contributed by atoms with Crippen molar-refractivity contribution in [1.29, 1.82) is 0 Å². The van der Waals surface area contributed by atoms with Gasteiger partial charge in [0.25, 0.3) is 0 Å². The maximum Gasteiger partial charge on any atom is 0.308 e. The molecule has 0 atom stereocenters. The zero-order valence-electron chi connectivity index (χ0n) is 12.1. The largest absolute Gasteiger partial charge is 0.424 e. The molecule has 106 valence electrons. The number of hydrogen-bond donors (Lipinski definition) is 1. The van der Waals surface area contributed by atoms with Gasteiger partial charge in [-0.1, -0.05) is 12.1 Å². The highest BCUT2D eigenvalue weighted by atomic mass is 32.1. The number of ether oxygens (including phenoxy) is 1. The third-order valence-corrected chi connectivity index (χ3v) is 3.20. The predicted molar refractivity (Wildman–Crippen MR) is 83.8 cm³/mol. The molecule has 0 amide bonds. The highest BCUT2D eigenvalue weighted by Crippen LogP contribution is 2.33. The van der Waals surface area contributed by atoms with Crippen molar-refractivity contribution in [2.24, 2.45) is 0 Å². The van der Waals surface area contributed by atoms with E-state index in [9.17, 15) is 4.79 Å². The number of anilines is 1. The van der Waals surface area contributed by atoms with Gasteiger partial charge in [0.1, 0.15) is 0 Å². The number of hydrogen-bond acceptors (Lipinski definition) is 3. The minimum Gasteiger partial charge on any atom is -0.424 e. The first-order chi connectivity index (χ1) is 9.30. The van der Waals surface area contributed by atoms with Gasteiger partial charge in [0, 0.05) is 12.6 Å². The van der Waals surface area contributed by atoms with E-state index < -0.39 is 0 Å². The van der Waals surface area contributed by atoms with E-state index in [2.05, 4.69) is 25.2 Å². The van der Waals surface area contributed by atoms with Crippen LogP contribution < -0.4 is 15.0 Å². The molecule has 1 aromatic carbocycles. The van der Waals surface area contributed by atoms with Crippen LogP contribution in [0.25, 0.3) is 0 Å². The second-order valence-corrected chi connectivity index (χ2v) is 5.72. The van der Waals surface area contributed by atoms with Gasteiger partial charge >= 0.3 is 5.97 Å². The van der Waals surface area contributed by atoms with Crippen molar-refractivity contribution < 1.29 is 9.53 Å². The number of nitrogens with one attached hydrogen (secondary N) is 1. The number of esters is 1. The molecule has 5 heteroatoms. The van der Waals surface area contributed by atoms with Crippen LogP contribution in [0.5, 0.6) is 5.75 Å². The molecule has 4 nitrogen and oxygen atoms in total. The van der Waals surface area contributed by atoms with Crippen molar-refractivity contribution in [3.63, 3.8) is 0 Å². The fourth-order valence-electron chi connectivity index (χ4n) is 2.30. The summed E-state index contributed by atoms with van der Waals surface area (Å²) in [6.45, 7) is 7.48. The maximum absolute atomic E-state index is 11.2. The quantitative estimate of drug-likeness (QED) is 0.515. The summed E-state index contributed by atoms with van der Waals surface area (Å²) in [4.78, 5) is 13.1. The van der Waals surface area contributed by atoms with Crippen molar-refractivity contribution in [2.45, 2.75) is 33.2 Å². The number of thiocarbonyl (C=S) groups is 1. The summed E-state index contributed by atoms with van der Waals surface area (Å²) in [7, 11) is 0. The summed E-state index contributed by atoms with van der Waals surface area (Å²) >= 11 is 5.44. The third-order valence-electron chi connectivity index (χ3n) is 2.91. The van der Waals surface area contributed by atoms with Gasteiger partial charge < -0.3 is 10.1 Å². The number of nitrogens with zero attached hydrogens (tertiary/aromatic N) is 1. The Morgan fingerprint density at radius 1 is 1.35 bits per heavy atom. The molecular weight excluding hydrogens is 272 g/mol. The van der Waals surface area contributed by atoms with Crippen LogP contribution in [0.3, 0.4) is 0 Å². The topological polar surface area (TPSA) is 41.6 Å². The average Bonchev–Trinajstić information content (AvgIpc) is 2.27. The fraction of sp³-hybridized carbons (Fsp3) is 0.333. The number of carbonyl (C=O) groups is 1. The Morgan fingerprint density at radius 3 is 2.60 bits per heavy atom. The molecule has 0 saturated heterocycles. The van der Waals surface area contributed by atoms with Gasteiger partial charge in [-0.3, -0.25) is 9.69 Å². The molecule has 1 aliphatic rings. The van der Waals surface area contributed by atoms with Gasteiger partial charge in [0.05, 0.1) is 11.2 Å². The van der Waals surface area contributed by atoms with Crippen LogP contribution >= 0.6 is 12.2 Å². The molecule has 1 aliphatic heterocycles. The van der Waals surface area contributed by atoms with E-state index in [0.717, 1.165) is 11.4 Å². The number of carbonyl (C=O) groups excluding carboxylic acids is 1. The Balaban J connectivity index is 2.46. The van der Waals surface area contributed by atoms with E-state index >= 15 is 0 Å². The van der Waals surface area contributed by atoms with Crippen molar-refractivity contribution in [3.05, 3.63) is 36.0 Å². The second-order valence-electron chi connectivity index (χ2n) is 5.33. The minimum atomic E-state index is -0.352. The van der Waals surface area contributed by atoms with E-state index in [4.69, 9.17) is 17.0 Å². The monoisotopic (exact) mass is 290 g/mol. The Morgan fingerprint density at radius 2 is 2.00 bits per heavy atom. The summed E-state index contributed by atoms with van der Waals surface area (Å²) in [6.07, 6.45) is 2.09. The zero-order valence-corrected chi connectivity index (χ0v) is 12.9.